The van der Waals surface area contributed by atoms with E-state index >= 15 is 0 Å². The van der Waals surface area contributed by atoms with Gasteiger partial charge in [-0.3, -0.25) is 0 Å². The van der Waals surface area contributed by atoms with Gasteiger partial charge in [0.05, 0.1) is 10.7 Å². The molecule has 0 aliphatic carbocycles. The van der Waals surface area contributed by atoms with Crippen molar-refractivity contribution in [3.05, 3.63) is 63.1 Å². The van der Waals surface area contributed by atoms with Crippen LogP contribution in [0.5, 0.6) is 0 Å². The van der Waals surface area contributed by atoms with E-state index in [1.54, 1.807) is 0 Å². The Morgan fingerprint density at radius 1 is 1.25 bits per heavy atom. The number of anilines is 1. The molecule has 106 valence electrons. The summed E-state index contributed by atoms with van der Waals surface area (Å²) in [6.45, 7) is 2.76. The lowest BCUT2D eigenvalue weighted by atomic mass is 10.1. The van der Waals surface area contributed by atoms with E-state index in [9.17, 15) is 0 Å². The molecule has 0 fully saturated rings. The van der Waals surface area contributed by atoms with E-state index in [4.69, 9.17) is 17.3 Å². The van der Waals surface area contributed by atoms with Gasteiger partial charge in [0.15, 0.2) is 0 Å². The van der Waals surface area contributed by atoms with Gasteiger partial charge in [-0.05, 0) is 42.3 Å². The minimum atomic E-state index is -0.00284. The van der Waals surface area contributed by atoms with Crippen molar-refractivity contribution in [2.24, 2.45) is 5.73 Å². The van der Waals surface area contributed by atoms with Crippen molar-refractivity contribution in [3.63, 3.8) is 0 Å². The van der Waals surface area contributed by atoms with Gasteiger partial charge < -0.3 is 10.6 Å². The molecule has 0 aliphatic rings. The van der Waals surface area contributed by atoms with E-state index in [2.05, 4.69) is 33.0 Å². The molecule has 0 heterocycles. The average Bonchev–Trinajstić information content (AvgIpc) is 2.38. The summed E-state index contributed by atoms with van der Waals surface area (Å²) in [6, 6.07) is 14.3. The Balaban J connectivity index is 2.19. The Morgan fingerprint density at radius 2 is 2.00 bits per heavy atom. The molecule has 2 N–H and O–H groups in total. The molecule has 0 aromatic heterocycles. The predicted octanol–water partition coefficient (Wildman–Crippen LogP) is 4.76. The Kier molecular flexibility index (Phi) is 5.08. The number of halogens is 2. The lowest BCUT2D eigenvalue weighted by molar-refractivity contribution is 0.817. The first-order valence-electron chi connectivity index (χ1n) is 6.48. The Labute approximate surface area is 133 Å². The van der Waals surface area contributed by atoms with Gasteiger partial charge in [-0.2, -0.15) is 0 Å². The monoisotopic (exact) mass is 352 g/mol. The van der Waals surface area contributed by atoms with Gasteiger partial charge in [0.2, 0.25) is 0 Å². The Hall–Kier alpha value is -1.03. The maximum atomic E-state index is 6.36. The van der Waals surface area contributed by atoms with Gasteiger partial charge in [-0.15, -0.1) is 0 Å². The quantitative estimate of drug-likeness (QED) is 0.858. The number of nitrogens with zero attached hydrogens (tertiary/aromatic N) is 1. The molecule has 0 saturated carbocycles. The summed E-state index contributed by atoms with van der Waals surface area (Å²) >= 11 is 9.85. The van der Waals surface area contributed by atoms with E-state index in [0.29, 0.717) is 0 Å². The number of hydrogen-bond donors (Lipinski definition) is 1. The standard InChI is InChI=1S/C16H18BrClN2/c1-11(19)13-6-7-16(15(18)9-13)20(2)10-12-4-3-5-14(17)8-12/h3-9,11H,10,19H2,1-2H3/t11-/m1/s1. The summed E-state index contributed by atoms with van der Waals surface area (Å²) in [7, 11) is 2.04. The first kappa shape index (κ1) is 15.4. The van der Waals surface area contributed by atoms with Crippen LogP contribution in [0, 0.1) is 0 Å². The fourth-order valence-electron chi connectivity index (χ4n) is 2.11. The molecular weight excluding hydrogens is 336 g/mol. The first-order chi connectivity index (χ1) is 9.47. The number of benzene rings is 2. The zero-order chi connectivity index (χ0) is 14.7. The topological polar surface area (TPSA) is 29.3 Å². The maximum Gasteiger partial charge on any atom is 0.0642 e. The van der Waals surface area contributed by atoms with Crippen molar-refractivity contribution in [1.29, 1.82) is 0 Å². The summed E-state index contributed by atoms with van der Waals surface area (Å²) in [5, 5.41) is 0.734. The largest absolute Gasteiger partial charge is 0.369 e. The number of hydrogen-bond acceptors (Lipinski definition) is 2. The smallest absolute Gasteiger partial charge is 0.0642 e. The van der Waals surface area contributed by atoms with Crippen molar-refractivity contribution in [3.8, 4) is 0 Å². The third-order valence-electron chi connectivity index (χ3n) is 3.22. The van der Waals surface area contributed by atoms with Gasteiger partial charge in [0, 0.05) is 24.1 Å². The molecule has 2 aromatic rings. The van der Waals surface area contributed by atoms with Crippen molar-refractivity contribution in [2.45, 2.75) is 19.5 Å². The number of nitrogens with two attached hydrogens (primary N) is 1. The normalized spacial score (nSPS) is 12.2. The van der Waals surface area contributed by atoms with Crippen molar-refractivity contribution >= 4 is 33.2 Å². The second-order valence-electron chi connectivity index (χ2n) is 4.99. The lowest BCUT2D eigenvalue weighted by Gasteiger charge is -2.22. The molecule has 4 heteroatoms. The molecule has 0 bridgehead atoms. The first-order valence-corrected chi connectivity index (χ1v) is 7.65. The Bertz CT molecular complexity index is 599. The second kappa shape index (κ2) is 6.61. The molecule has 0 unspecified atom stereocenters. The van der Waals surface area contributed by atoms with Gasteiger partial charge in [-0.1, -0.05) is 45.7 Å². The highest BCUT2D eigenvalue weighted by Gasteiger charge is 2.09. The Morgan fingerprint density at radius 3 is 2.60 bits per heavy atom. The fourth-order valence-corrected chi connectivity index (χ4v) is 2.89. The molecule has 0 saturated heterocycles. The molecule has 0 spiro atoms. The summed E-state index contributed by atoms with van der Waals surface area (Å²) in [5.41, 5.74) is 9.16. The van der Waals surface area contributed by atoms with Crippen LogP contribution in [0.1, 0.15) is 24.1 Å². The van der Waals surface area contributed by atoms with Crippen LogP contribution in [0.3, 0.4) is 0 Å². The van der Waals surface area contributed by atoms with Crippen molar-refractivity contribution < 1.29 is 0 Å². The predicted molar refractivity (Wildman–Crippen MR) is 90.3 cm³/mol. The zero-order valence-corrected chi connectivity index (χ0v) is 13.9. The van der Waals surface area contributed by atoms with Crippen LogP contribution in [0.2, 0.25) is 5.02 Å². The molecule has 2 rings (SSSR count). The van der Waals surface area contributed by atoms with Crippen LogP contribution in [0.25, 0.3) is 0 Å². The zero-order valence-electron chi connectivity index (χ0n) is 11.6. The third kappa shape index (κ3) is 3.75. The van der Waals surface area contributed by atoms with Crippen LogP contribution < -0.4 is 10.6 Å². The van der Waals surface area contributed by atoms with Crippen molar-refractivity contribution in [2.75, 3.05) is 11.9 Å². The summed E-state index contributed by atoms with van der Waals surface area (Å²) in [6.07, 6.45) is 0. The summed E-state index contributed by atoms with van der Waals surface area (Å²) in [5.74, 6) is 0. The van der Waals surface area contributed by atoms with E-state index in [1.807, 2.05) is 44.3 Å². The van der Waals surface area contributed by atoms with Gasteiger partial charge >= 0.3 is 0 Å². The van der Waals surface area contributed by atoms with Crippen LogP contribution in [0.15, 0.2) is 46.9 Å². The molecule has 20 heavy (non-hydrogen) atoms. The number of rotatable bonds is 4. The molecule has 0 aliphatic heterocycles. The molecule has 2 aromatic carbocycles. The average molecular weight is 354 g/mol. The molecule has 0 amide bonds. The van der Waals surface area contributed by atoms with Crippen LogP contribution in [-0.4, -0.2) is 7.05 Å². The third-order valence-corrected chi connectivity index (χ3v) is 4.01. The van der Waals surface area contributed by atoms with E-state index in [-0.39, 0.29) is 6.04 Å². The van der Waals surface area contributed by atoms with E-state index in [1.165, 1.54) is 5.56 Å². The fraction of sp³-hybridized carbons (Fsp3) is 0.250. The maximum absolute atomic E-state index is 6.36. The van der Waals surface area contributed by atoms with Crippen molar-refractivity contribution in [1.82, 2.24) is 0 Å². The molecular formula is C16H18BrClN2. The van der Waals surface area contributed by atoms with Crippen LogP contribution >= 0.6 is 27.5 Å². The van der Waals surface area contributed by atoms with Gasteiger partial charge in [0.25, 0.3) is 0 Å². The SMILES string of the molecule is C[C@@H](N)c1ccc(N(C)Cc2cccc(Br)c2)c(Cl)c1. The molecule has 1 atom stereocenters. The van der Waals surface area contributed by atoms with E-state index in [0.717, 1.165) is 27.3 Å². The second-order valence-corrected chi connectivity index (χ2v) is 6.31. The minimum absolute atomic E-state index is 0.00284. The summed E-state index contributed by atoms with van der Waals surface area (Å²) < 4.78 is 1.09. The minimum Gasteiger partial charge on any atom is -0.369 e. The highest BCUT2D eigenvalue weighted by atomic mass is 79.9. The van der Waals surface area contributed by atoms with Crippen LogP contribution in [0.4, 0.5) is 5.69 Å². The summed E-state index contributed by atoms with van der Waals surface area (Å²) in [4.78, 5) is 2.13. The highest BCUT2D eigenvalue weighted by Crippen LogP contribution is 2.29. The highest BCUT2D eigenvalue weighted by molar-refractivity contribution is 9.10. The lowest BCUT2D eigenvalue weighted by Crippen LogP contribution is -2.17. The van der Waals surface area contributed by atoms with Crippen LogP contribution in [-0.2, 0) is 6.54 Å². The van der Waals surface area contributed by atoms with Gasteiger partial charge in [0.1, 0.15) is 0 Å². The molecule has 2 nitrogen and oxygen atoms in total. The molecule has 0 radical (unpaired) electrons. The van der Waals surface area contributed by atoms with E-state index < -0.39 is 0 Å². The van der Waals surface area contributed by atoms with Gasteiger partial charge in [-0.25, -0.2) is 0 Å².